The molecule has 2 aromatic rings. The molecule has 1 aliphatic heterocycles. The summed E-state index contributed by atoms with van der Waals surface area (Å²) in [4.78, 5) is 14.4. The largest absolute Gasteiger partial charge is 0.491 e. The normalized spacial score (nSPS) is 20.3. The van der Waals surface area contributed by atoms with E-state index in [9.17, 15) is 4.79 Å². The molecule has 1 saturated heterocycles. The van der Waals surface area contributed by atoms with Crippen molar-refractivity contribution >= 4 is 24.2 Å². The lowest BCUT2D eigenvalue weighted by atomic mass is 9.57. The fourth-order valence-corrected chi connectivity index (χ4v) is 4.32. The van der Waals surface area contributed by atoms with E-state index < -0.39 is 23.7 Å². The van der Waals surface area contributed by atoms with Gasteiger partial charge in [-0.25, -0.2) is 0 Å². The first-order valence-corrected chi connectivity index (χ1v) is 10.2. The lowest BCUT2D eigenvalue weighted by molar-refractivity contribution is 0.00578. The van der Waals surface area contributed by atoms with Crippen molar-refractivity contribution in [2.45, 2.75) is 57.7 Å². The van der Waals surface area contributed by atoms with Crippen molar-refractivity contribution < 1.29 is 14.1 Å². The Balaban J connectivity index is 2.10. The number of Topliss-reactive ketones (excluding diaryl/α,β-unsaturated/α-hetero) is 1. The maximum absolute atomic E-state index is 13.7. The summed E-state index contributed by atoms with van der Waals surface area (Å²) < 4.78 is 12.5. The van der Waals surface area contributed by atoms with Crippen LogP contribution in [-0.4, -0.2) is 24.1 Å². The van der Waals surface area contributed by atoms with Gasteiger partial charge < -0.3 is 9.31 Å². The minimum absolute atomic E-state index is 0.0471. The van der Waals surface area contributed by atoms with E-state index in [1.165, 1.54) is 11.3 Å². The average molecular weight is 382 g/mol. The van der Waals surface area contributed by atoms with Crippen LogP contribution >= 0.6 is 11.3 Å². The summed E-state index contributed by atoms with van der Waals surface area (Å²) in [6.07, 6.45) is 0.580. The third-order valence-electron chi connectivity index (χ3n) is 6.02. The average Bonchev–Trinajstić information content (AvgIpc) is 3.23. The SMILES string of the molecule is C=C(B1OC(C)(C)C(C)(C)O1)[C@@](CC)(C(=O)c1cccs1)c1ccccc1. The Morgan fingerprint density at radius 2 is 1.67 bits per heavy atom. The maximum Gasteiger partial charge on any atom is 0.491 e. The van der Waals surface area contributed by atoms with Gasteiger partial charge in [-0.1, -0.05) is 43.3 Å². The minimum atomic E-state index is -0.896. The number of thiophene rings is 1. The van der Waals surface area contributed by atoms with Gasteiger partial charge in [0.05, 0.1) is 21.5 Å². The second-order valence-corrected chi connectivity index (χ2v) is 8.99. The van der Waals surface area contributed by atoms with Gasteiger partial charge in [0.25, 0.3) is 0 Å². The molecule has 3 nitrogen and oxygen atoms in total. The summed E-state index contributed by atoms with van der Waals surface area (Å²) in [7, 11) is -0.640. The van der Waals surface area contributed by atoms with Gasteiger partial charge in [-0.2, -0.15) is 0 Å². The molecule has 0 unspecified atom stereocenters. The van der Waals surface area contributed by atoms with E-state index in [1.807, 2.05) is 82.5 Å². The fourth-order valence-electron chi connectivity index (χ4n) is 3.58. The number of carbonyl (C=O) groups is 1. The number of hydrogen-bond acceptors (Lipinski definition) is 4. The zero-order chi connectivity index (χ0) is 19.9. The first kappa shape index (κ1) is 20.1. The molecular formula is C22H27BO3S. The van der Waals surface area contributed by atoms with Crippen molar-refractivity contribution in [1.29, 1.82) is 0 Å². The fraction of sp³-hybridized carbons (Fsp3) is 0.409. The van der Waals surface area contributed by atoms with Crippen LogP contribution in [0.3, 0.4) is 0 Å². The Labute approximate surface area is 166 Å². The molecule has 0 amide bonds. The Morgan fingerprint density at radius 3 is 2.15 bits per heavy atom. The van der Waals surface area contributed by atoms with Crippen LogP contribution in [0.1, 0.15) is 56.3 Å². The van der Waals surface area contributed by atoms with Crippen molar-refractivity contribution in [3.05, 3.63) is 70.3 Å². The number of hydrogen-bond donors (Lipinski definition) is 0. The molecule has 5 heteroatoms. The van der Waals surface area contributed by atoms with Gasteiger partial charge >= 0.3 is 7.12 Å². The molecule has 0 N–H and O–H groups in total. The molecule has 3 rings (SSSR count). The number of carbonyl (C=O) groups excluding carboxylic acids is 1. The van der Waals surface area contributed by atoms with Crippen molar-refractivity contribution in [3.63, 3.8) is 0 Å². The van der Waals surface area contributed by atoms with Crippen LogP contribution in [0.4, 0.5) is 0 Å². The summed E-state index contributed by atoms with van der Waals surface area (Å²) in [6.45, 7) is 14.4. The highest BCUT2D eigenvalue weighted by Gasteiger charge is 2.57. The number of rotatable bonds is 6. The minimum Gasteiger partial charge on any atom is -0.400 e. The van der Waals surface area contributed by atoms with Gasteiger partial charge in [-0.05, 0) is 56.6 Å². The van der Waals surface area contributed by atoms with Crippen molar-refractivity contribution in [2.24, 2.45) is 0 Å². The zero-order valence-electron chi connectivity index (χ0n) is 16.7. The Morgan fingerprint density at radius 1 is 1.07 bits per heavy atom. The van der Waals surface area contributed by atoms with Crippen LogP contribution < -0.4 is 0 Å². The lowest BCUT2D eigenvalue weighted by Gasteiger charge is -2.35. The molecule has 0 aliphatic carbocycles. The van der Waals surface area contributed by atoms with E-state index in [4.69, 9.17) is 9.31 Å². The molecule has 0 radical (unpaired) electrons. The topological polar surface area (TPSA) is 35.5 Å². The highest BCUT2D eigenvalue weighted by molar-refractivity contribution is 7.12. The number of ketones is 1. The molecule has 1 atom stereocenters. The monoisotopic (exact) mass is 382 g/mol. The van der Waals surface area contributed by atoms with Crippen LogP contribution in [0, 0.1) is 0 Å². The predicted molar refractivity (Wildman–Crippen MR) is 112 cm³/mol. The molecule has 142 valence electrons. The number of allylic oxidation sites excluding steroid dienone is 1. The molecule has 0 spiro atoms. The van der Waals surface area contributed by atoms with Gasteiger partial charge in [-0.15, -0.1) is 17.9 Å². The maximum atomic E-state index is 13.7. The van der Waals surface area contributed by atoms with E-state index >= 15 is 0 Å². The smallest absolute Gasteiger partial charge is 0.400 e. The van der Waals surface area contributed by atoms with Gasteiger partial charge in [-0.3, -0.25) is 4.79 Å². The standard InChI is InChI=1S/C22H27BO3S/c1-7-22(17-12-9-8-10-13-17,19(24)18-14-11-15-27-18)16(2)23-25-20(3,4)21(5,6)26-23/h8-15H,2,7H2,1,3-6H3/t22-/m1/s1. The molecule has 0 bridgehead atoms. The summed E-state index contributed by atoms with van der Waals surface area (Å²) in [5, 5.41) is 1.93. The van der Waals surface area contributed by atoms with Crippen molar-refractivity contribution in [1.82, 2.24) is 0 Å². The van der Waals surface area contributed by atoms with E-state index in [0.717, 1.165) is 10.4 Å². The third-order valence-corrected chi connectivity index (χ3v) is 6.88. The lowest BCUT2D eigenvalue weighted by Crippen LogP contribution is -2.43. The van der Waals surface area contributed by atoms with Crippen molar-refractivity contribution in [2.75, 3.05) is 0 Å². The first-order valence-electron chi connectivity index (χ1n) is 9.34. The van der Waals surface area contributed by atoms with Gasteiger partial charge in [0.2, 0.25) is 0 Å². The molecule has 1 fully saturated rings. The van der Waals surface area contributed by atoms with E-state index in [2.05, 4.69) is 6.58 Å². The first-order chi connectivity index (χ1) is 12.7. The van der Waals surface area contributed by atoms with Crippen LogP contribution in [0.2, 0.25) is 0 Å². The van der Waals surface area contributed by atoms with Gasteiger partial charge in [0.15, 0.2) is 5.78 Å². The van der Waals surface area contributed by atoms with Gasteiger partial charge in [0.1, 0.15) is 0 Å². The second kappa shape index (κ2) is 7.04. The Kier molecular flexibility index (Phi) is 5.23. The predicted octanol–water partition coefficient (Wildman–Crippen LogP) is 5.47. The van der Waals surface area contributed by atoms with Crippen LogP contribution in [0.25, 0.3) is 0 Å². The number of benzene rings is 1. The zero-order valence-corrected chi connectivity index (χ0v) is 17.6. The summed E-state index contributed by atoms with van der Waals surface area (Å²) in [5.74, 6) is 0.0471. The molecule has 2 heterocycles. The van der Waals surface area contributed by atoms with E-state index in [1.54, 1.807) is 0 Å². The van der Waals surface area contributed by atoms with Crippen LogP contribution in [0.5, 0.6) is 0 Å². The highest BCUT2D eigenvalue weighted by atomic mass is 32.1. The molecule has 1 aromatic heterocycles. The summed E-state index contributed by atoms with van der Waals surface area (Å²) in [6, 6.07) is 13.6. The molecule has 27 heavy (non-hydrogen) atoms. The summed E-state index contributed by atoms with van der Waals surface area (Å²) in [5.41, 5.74) is -0.280. The third kappa shape index (κ3) is 3.22. The Bertz CT molecular complexity index is 811. The van der Waals surface area contributed by atoms with Crippen molar-refractivity contribution in [3.8, 4) is 0 Å². The second-order valence-electron chi connectivity index (χ2n) is 8.04. The molecule has 1 aromatic carbocycles. The molecule has 1 aliphatic rings. The van der Waals surface area contributed by atoms with Crippen LogP contribution in [-0.2, 0) is 14.7 Å². The highest BCUT2D eigenvalue weighted by Crippen LogP contribution is 2.46. The summed E-state index contributed by atoms with van der Waals surface area (Å²) >= 11 is 1.46. The van der Waals surface area contributed by atoms with E-state index in [-0.39, 0.29) is 5.78 Å². The molecule has 0 saturated carbocycles. The Hall–Kier alpha value is -1.69. The molecular weight excluding hydrogens is 355 g/mol. The quantitative estimate of drug-likeness (QED) is 0.491. The van der Waals surface area contributed by atoms with E-state index in [0.29, 0.717) is 11.9 Å². The van der Waals surface area contributed by atoms with Gasteiger partial charge in [0, 0.05) is 0 Å². The van der Waals surface area contributed by atoms with Crippen LogP contribution in [0.15, 0.2) is 59.9 Å².